The maximum absolute atomic E-state index is 5.13. The second-order valence-electron chi connectivity index (χ2n) is 3.00. The summed E-state index contributed by atoms with van der Waals surface area (Å²) in [6.07, 6.45) is 3.78. The van der Waals surface area contributed by atoms with E-state index in [9.17, 15) is 0 Å². The minimum atomic E-state index is 0.748. The van der Waals surface area contributed by atoms with Crippen LogP contribution in [0, 0.1) is 5.92 Å². The summed E-state index contributed by atoms with van der Waals surface area (Å²) in [6, 6.07) is 0. The Balaban J connectivity index is 3.34. The molecule has 0 saturated carbocycles. The molecule has 68 valence electrons. The van der Waals surface area contributed by atoms with Crippen LogP contribution >= 0.6 is 0 Å². The van der Waals surface area contributed by atoms with Gasteiger partial charge in [0, 0.05) is 13.7 Å². The Hall–Kier alpha value is -0.0800. The molecule has 0 bridgehead atoms. The van der Waals surface area contributed by atoms with Gasteiger partial charge in [0.2, 0.25) is 0 Å². The van der Waals surface area contributed by atoms with Crippen molar-refractivity contribution in [3.63, 3.8) is 0 Å². The molecule has 0 rings (SSSR count). The van der Waals surface area contributed by atoms with E-state index < -0.39 is 0 Å². The lowest BCUT2D eigenvalue weighted by atomic mass is 10.0. The first kappa shape index (κ1) is 10.9. The van der Waals surface area contributed by atoms with Crippen molar-refractivity contribution in [1.29, 1.82) is 0 Å². The molecule has 0 aliphatic carbocycles. The van der Waals surface area contributed by atoms with Gasteiger partial charge in [0.05, 0.1) is 0 Å². The van der Waals surface area contributed by atoms with Gasteiger partial charge in [-0.2, -0.15) is 0 Å². The average molecular weight is 159 g/mol. The van der Waals surface area contributed by atoms with Gasteiger partial charge in [-0.1, -0.05) is 13.3 Å². The molecule has 1 atom stereocenters. The molecule has 0 amide bonds. The minimum Gasteiger partial charge on any atom is -0.384 e. The first-order chi connectivity index (χ1) is 5.35. The van der Waals surface area contributed by atoms with E-state index in [1.54, 1.807) is 7.11 Å². The zero-order chi connectivity index (χ0) is 8.53. The first-order valence-corrected chi connectivity index (χ1v) is 4.48. The van der Waals surface area contributed by atoms with Crippen molar-refractivity contribution < 1.29 is 4.74 Å². The highest BCUT2D eigenvalue weighted by atomic mass is 16.5. The van der Waals surface area contributed by atoms with Gasteiger partial charge in [-0.05, 0) is 32.4 Å². The summed E-state index contributed by atoms with van der Waals surface area (Å²) in [6.45, 7) is 4.24. The largest absolute Gasteiger partial charge is 0.384 e. The molecule has 1 N–H and O–H groups in total. The number of nitrogens with one attached hydrogen (secondary N) is 1. The van der Waals surface area contributed by atoms with Crippen LogP contribution in [0.3, 0.4) is 0 Å². The molecule has 0 fully saturated rings. The molecule has 2 heteroatoms. The molecule has 0 aromatic heterocycles. The van der Waals surface area contributed by atoms with Crippen molar-refractivity contribution in [1.82, 2.24) is 5.32 Å². The van der Waals surface area contributed by atoms with Crippen LogP contribution in [0.5, 0.6) is 0 Å². The Labute approximate surface area is 70.3 Å². The van der Waals surface area contributed by atoms with Gasteiger partial charge in [0.15, 0.2) is 0 Å². The second-order valence-corrected chi connectivity index (χ2v) is 3.00. The minimum absolute atomic E-state index is 0.748. The monoisotopic (exact) mass is 159 g/mol. The van der Waals surface area contributed by atoms with Crippen LogP contribution in [0.1, 0.15) is 26.2 Å². The van der Waals surface area contributed by atoms with E-state index in [1.165, 1.54) is 19.3 Å². The third kappa shape index (κ3) is 6.32. The molecule has 0 aromatic rings. The summed E-state index contributed by atoms with van der Waals surface area (Å²) in [5.41, 5.74) is 0. The lowest BCUT2D eigenvalue weighted by molar-refractivity contribution is 0.143. The van der Waals surface area contributed by atoms with Crippen LogP contribution in [0.2, 0.25) is 0 Å². The topological polar surface area (TPSA) is 21.3 Å². The normalized spacial score (nSPS) is 13.4. The highest BCUT2D eigenvalue weighted by Gasteiger charge is 2.05. The molecule has 11 heavy (non-hydrogen) atoms. The van der Waals surface area contributed by atoms with Gasteiger partial charge in [0.25, 0.3) is 0 Å². The molecular formula is C9H21NO. The highest BCUT2D eigenvalue weighted by molar-refractivity contribution is 4.58. The van der Waals surface area contributed by atoms with Gasteiger partial charge < -0.3 is 10.1 Å². The van der Waals surface area contributed by atoms with Gasteiger partial charge in [-0.15, -0.1) is 0 Å². The summed E-state index contributed by atoms with van der Waals surface area (Å²) in [5, 5.41) is 3.16. The number of hydrogen-bond donors (Lipinski definition) is 1. The van der Waals surface area contributed by atoms with Crippen molar-refractivity contribution in [2.24, 2.45) is 5.92 Å². The van der Waals surface area contributed by atoms with Gasteiger partial charge in [-0.25, -0.2) is 0 Å². The Morgan fingerprint density at radius 2 is 2.09 bits per heavy atom. The predicted octanol–water partition coefficient (Wildman–Crippen LogP) is 1.66. The van der Waals surface area contributed by atoms with Gasteiger partial charge in [-0.3, -0.25) is 0 Å². The Bertz CT molecular complexity index is 70.0. The van der Waals surface area contributed by atoms with Crippen molar-refractivity contribution in [2.75, 3.05) is 27.3 Å². The molecule has 0 spiro atoms. The van der Waals surface area contributed by atoms with Crippen molar-refractivity contribution in [2.45, 2.75) is 26.2 Å². The van der Waals surface area contributed by atoms with E-state index in [4.69, 9.17) is 4.74 Å². The smallest absolute Gasteiger partial charge is 0.0490 e. The fourth-order valence-electron chi connectivity index (χ4n) is 1.30. The summed E-state index contributed by atoms with van der Waals surface area (Å²) in [4.78, 5) is 0. The van der Waals surface area contributed by atoms with Crippen molar-refractivity contribution in [3.8, 4) is 0 Å². The average Bonchev–Trinajstić information content (AvgIpc) is 2.01. The molecule has 0 radical (unpaired) electrons. The molecule has 0 aromatic carbocycles. The maximum Gasteiger partial charge on any atom is 0.0490 e. The van der Waals surface area contributed by atoms with Gasteiger partial charge in [0.1, 0.15) is 0 Å². The number of rotatable bonds is 7. The summed E-state index contributed by atoms with van der Waals surface area (Å²) in [7, 11) is 3.78. The Kier molecular flexibility index (Phi) is 7.96. The SMILES string of the molecule is CCC[C@H](CCNC)COC. The zero-order valence-electron chi connectivity index (χ0n) is 8.02. The number of methoxy groups -OCH3 is 1. The molecular weight excluding hydrogens is 138 g/mol. The third-order valence-corrected chi connectivity index (χ3v) is 1.90. The maximum atomic E-state index is 5.13. The lowest BCUT2D eigenvalue weighted by Gasteiger charge is -2.13. The fraction of sp³-hybridized carbons (Fsp3) is 1.00. The molecule has 2 nitrogen and oxygen atoms in total. The van der Waals surface area contributed by atoms with E-state index in [2.05, 4.69) is 12.2 Å². The zero-order valence-corrected chi connectivity index (χ0v) is 8.02. The van der Waals surface area contributed by atoms with Crippen LogP contribution in [-0.2, 0) is 4.74 Å². The van der Waals surface area contributed by atoms with E-state index in [1.807, 2.05) is 7.05 Å². The lowest BCUT2D eigenvalue weighted by Crippen LogP contribution is -2.16. The second kappa shape index (κ2) is 8.02. The van der Waals surface area contributed by atoms with Crippen molar-refractivity contribution in [3.05, 3.63) is 0 Å². The summed E-state index contributed by atoms with van der Waals surface area (Å²) < 4.78 is 5.13. The molecule has 0 aliphatic rings. The number of ether oxygens (including phenoxy) is 1. The Morgan fingerprint density at radius 1 is 1.36 bits per heavy atom. The Morgan fingerprint density at radius 3 is 2.55 bits per heavy atom. The van der Waals surface area contributed by atoms with E-state index in [-0.39, 0.29) is 0 Å². The fourth-order valence-corrected chi connectivity index (χ4v) is 1.30. The molecule has 0 heterocycles. The molecule has 0 aliphatic heterocycles. The quantitative estimate of drug-likeness (QED) is 0.610. The van der Waals surface area contributed by atoms with Crippen LogP contribution in [0.4, 0.5) is 0 Å². The first-order valence-electron chi connectivity index (χ1n) is 4.48. The van der Waals surface area contributed by atoms with Crippen LogP contribution in [0.15, 0.2) is 0 Å². The van der Waals surface area contributed by atoms with E-state index in [0.29, 0.717) is 0 Å². The molecule has 0 unspecified atom stereocenters. The van der Waals surface area contributed by atoms with Crippen molar-refractivity contribution >= 4 is 0 Å². The predicted molar refractivity (Wildman–Crippen MR) is 48.8 cm³/mol. The van der Waals surface area contributed by atoms with Crippen LogP contribution in [-0.4, -0.2) is 27.3 Å². The van der Waals surface area contributed by atoms with Crippen LogP contribution < -0.4 is 5.32 Å². The standard InChI is InChI=1S/C9H21NO/c1-4-5-9(8-11-3)6-7-10-2/h9-10H,4-8H2,1-3H3/t9-/m1/s1. The summed E-state index contributed by atoms with van der Waals surface area (Å²) >= 11 is 0. The third-order valence-electron chi connectivity index (χ3n) is 1.90. The number of hydrogen-bond acceptors (Lipinski definition) is 2. The summed E-state index contributed by atoms with van der Waals surface area (Å²) in [5.74, 6) is 0.748. The highest BCUT2D eigenvalue weighted by Crippen LogP contribution is 2.10. The van der Waals surface area contributed by atoms with Gasteiger partial charge >= 0.3 is 0 Å². The van der Waals surface area contributed by atoms with E-state index in [0.717, 1.165) is 19.1 Å². The van der Waals surface area contributed by atoms with E-state index >= 15 is 0 Å². The molecule has 0 saturated heterocycles. The van der Waals surface area contributed by atoms with Crippen LogP contribution in [0.25, 0.3) is 0 Å².